The van der Waals surface area contributed by atoms with Crippen LogP contribution in [-0.4, -0.2) is 32.4 Å². The number of carbonyl (C=O) groups is 1. The fraction of sp³-hybridized carbons (Fsp3) is 0.133. The van der Waals surface area contributed by atoms with Crippen LogP contribution in [0.3, 0.4) is 0 Å². The number of nitrogens with zero attached hydrogens (tertiary/aromatic N) is 4. The van der Waals surface area contributed by atoms with E-state index in [1.165, 1.54) is 0 Å². The molecule has 0 aliphatic carbocycles. The molecule has 1 amide bonds. The Bertz CT molecular complexity index is 720. The molecule has 6 nitrogen and oxygen atoms in total. The Morgan fingerprint density at radius 1 is 1.38 bits per heavy atom. The fourth-order valence-corrected chi connectivity index (χ4v) is 2.02. The van der Waals surface area contributed by atoms with Crippen LogP contribution in [0.2, 0.25) is 0 Å². The maximum Gasteiger partial charge on any atom is 0.254 e. The van der Waals surface area contributed by atoms with Crippen molar-refractivity contribution in [1.82, 2.24) is 19.4 Å². The normalized spacial score (nSPS) is 10.5. The van der Waals surface area contributed by atoms with Gasteiger partial charge in [0.05, 0.1) is 12.8 Å². The third-order valence-electron chi connectivity index (χ3n) is 3.08. The molecular weight excluding hydrogens is 268 g/mol. The summed E-state index contributed by atoms with van der Waals surface area (Å²) in [7, 11) is 1.74. The molecule has 0 radical (unpaired) electrons. The standard InChI is InChI=1S/C15H14N4O2/c1-18(10-13-3-2-8-21-13)15(20)12-4-5-17-14(9-12)19-7-6-16-11-19/h2-9,11H,10H2,1H3. The van der Waals surface area contributed by atoms with Crippen LogP contribution in [-0.2, 0) is 6.54 Å². The number of carbonyl (C=O) groups excluding carboxylic acids is 1. The molecule has 0 aliphatic rings. The van der Waals surface area contributed by atoms with Crippen LogP contribution >= 0.6 is 0 Å². The molecule has 106 valence electrons. The molecule has 21 heavy (non-hydrogen) atoms. The fourth-order valence-electron chi connectivity index (χ4n) is 2.02. The highest BCUT2D eigenvalue weighted by Gasteiger charge is 2.14. The van der Waals surface area contributed by atoms with Crippen LogP contribution in [0, 0.1) is 0 Å². The SMILES string of the molecule is CN(Cc1ccco1)C(=O)c1ccnc(-n2ccnc2)c1. The Balaban J connectivity index is 1.80. The predicted molar refractivity (Wildman–Crippen MR) is 75.9 cm³/mol. The van der Waals surface area contributed by atoms with E-state index in [1.54, 1.807) is 65.9 Å². The molecule has 0 aromatic carbocycles. The van der Waals surface area contributed by atoms with Crippen molar-refractivity contribution in [2.45, 2.75) is 6.54 Å². The predicted octanol–water partition coefficient (Wildman–Crippen LogP) is 2.13. The van der Waals surface area contributed by atoms with Gasteiger partial charge in [0.1, 0.15) is 17.9 Å². The highest BCUT2D eigenvalue weighted by molar-refractivity contribution is 5.94. The first-order valence-corrected chi connectivity index (χ1v) is 6.46. The molecule has 0 saturated heterocycles. The van der Waals surface area contributed by atoms with Crippen molar-refractivity contribution >= 4 is 5.91 Å². The van der Waals surface area contributed by atoms with Gasteiger partial charge in [-0.15, -0.1) is 0 Å². The van der Waals surface area contributed by atoms with Gasteiger partial charge >= 0.3 is 0 Å². The van der Waals surface area contributed by atoms with Crippen LogP contribution < -0.4 is 0 Å². The number of amides is 1. The minimum absolute atomic E-state index is 0.0878. The zero-order valence-electron chi connectivity index (χ0n) is 11.5. The number of rotatable bonds is 4. The third kappa shape index (κ3) is 2.84. The second kappa shape index (κ2) is 5.62. The van der Waals surface area contributed by atoms with Crippen molar-refractivity contribution < 1.29 is 9.21 Å². The molecule has 0 aliphatic heterocycles. The van der Waals surface area contributed by atoms with Crippen LogP contribution in [0.25, 0.3) is 5.82 Å². The first kappa shape index (κ1) is 13.1. The zero-order chi connectivity index (χ0) is 14.7. The lowest BCUT2D eigenvalue weighted by Crippen LogP contribution is -2.26. The van der Waals surface area contributed by atoms with Gasteiger partial charge in [0.15, 0.2) is 0 Å². The summed E-state index contributed by atoms with van der Waals surface area (Å²) in [5, 5.41) is 0. The van der Waals surface area contributed by atoms with E-state index in [1.807, 2.05) is 6.07 Å². The highest BCUT2D eigenvalue weighted by atomic mass is 16.3. The molecule has 3 aromatic heterocycles. The Hall–Kier alpha value is -2.89. The molecule has 0 fully saturated rings. The average molecular weight is 282 g/mol. The van der Waals surface area contributed by atoms with Crippen LogP contribution in [0.5, 0.6) is 0 Å². The molecular formula is C15H14N4O2. The van der Waals surface area contributed by atoms with Gasteiger partial charge in [-0.1, -0.05) is 0 Å². The first-order valence-electron chi connectivity index (χ1n) is 6.46. The van der Waals surface area contributed by atoms with E-state index in [9.17, 15) is 4.79 Å². The molecule has 0 saturated carbocycles. The van der Waals surface area contributed by atoms with Gasteiger partial charge in [-0.2, -0.15) is 0 Å². The number of hydrogen-bond donors (Lipinski definition) is 0. The van der Waals surface area contributed by atoms with Crippen LogP contribution in [0.4, 0.5) is 0 Å². The Labute approximate surface area is 121 Å². The third-order valence-corrected chi connectivity index (χ3v) is 3.08. The first-order chi connectivity index (χ1) is 10.2. The Morgan fingerprint density at radius 3 is 3.00 bits per heavy atom. The van der Waals surface area contributed by atoms with E-state index in [4.69, 9.17) is 4.42 Å². The van der Waals surface area contributed by atoms with Crippen molar-refractivity contribution in [1.29, 1.82) is 0 Å². The van der Waals surface area contributed by atoms with E-state index >= 15 is 0 Å². The number of aromatic nitrogens is 3. The van der Waals surface area contributed by atoms with Crippen molar-refractivity contribution in [3.63, 3.8) is 0 Å². The van der Waals surface area contributed by atoms with E-state index in [-0.39, 0.29) is 5.91 Å². The maximum absolute atomic E-state index is 12.4. The Kier molecular flexibility index (Phi) is 3.51. The molecule has 0 N–H and O–H groups in total. The van der Waals surface area contributed by atoms with E-state index < -0.39 is 0 Å². The Morgan fingerprint density at radius 2 is 2.29 bits per heavy atom. The molecule has 0 spiro atoms. The lowest BCUT2D eigenvalue weighted by Gasteiger charge is -2.16. The molecule has 3 heterocycles. The summed E-state index contributed by atoms with van der Waals surface area (Å²) in [6, 6.07) is 7.08. The van der Waals surface area contributed by atoms with Gasteiger partial charge in [0.2, 0.25) is 0 Å². The van der Waals surface area contributed by atoms with Gasteiger partial charge in [0.25, 0.3) is 5.91 Å². The van der Waals surface area contributed by atoms with E-state index in [2.05, 4.69) is 9.97 Å². The summed E-state index contributed by atoms with van der Waals surface area (Å²) >= 11 is 0. The molecule has 0 bridgehead atoms. The number of imidazole rings is 1. The lowest BCUT2D eigenvalue weighted by atomic mass is 10.2. The van der Waals surface area contributed by atoms with Gasteiger partial charge < -0.3 is 9.32 Å². The average Bonchev–Trinajstić information content (AvgIpc) is 3.20. The minimum atomic E-state index is -0.0878. The highest BCUT2D eigenvalue weighted by Crippen LogP contribution is 2.11. The summed E-state index contributed by atoms with van der Waals surface area (Å²) < 4.78 is 7.01. The smallest absolute Gasteiger partial charge is 0.254 e. The zero-order valence-corrected chi connectivity index (χ0v) is 11.5. The minimum Gasteiger partial charge on any atom is -0.467 e. The largest absolute Gasteiger partial charge is 0.467 e. The van der Waals surface area contributed by atoms with Crippen molar-refractivity contribution in [3.05, 3.63) is 66.8 Å². The number of furan rings is 1. The van der Waals surface area contributed by atoms with E-state index in [0.29, 0.717) is 17.9 Å². The van der Waals surface area contributed by atoms with Crippen molar-refractivity contribution in [2.24, 2.45) is 0 Å². The summed E-state index contributed by atoms with van der Waals surface area (Å²) in [4.78, 5) is 22.2. The molecule has 0 unspecified atom stereocenters. The van der Waals surface area contributed by atoms with E-state index in [0.717, 1.165) is 5.76 Å². The lowest BCUT2D eigenvalue weighted by molar-refractivity contribution is 0.0775. The molecule has 6 heteroatoms. The van der Waals surface area contributed by atoms with Crippen molar-refractivity contribution in [2.75, 3.05) is 7.05 Å². The second-order valence-electron chi connectivity index (χ2n) is 4.61. The summed E-state index contributed by atoms with van der Waals surface area (Å²) in [6.07, 6.45) is 8.30. The summed E-state index contributed by atoms with van der Waals surface area (Å²) in [5.74, 6) is 1.31. The van der Waals surface area contributed by atoms with Crippen LogP contribution in [0.1, 0.15) is 16.1 Å². The topological polar surface area (TPSA) is 64.2 Å². The number of pyridine rings is 1. The summed E-state index contributed by atoms with van der Waals surface area (Å²) in [5.41, 5.74) is 0.572. The molecule has 3 aromatic rings. The van der Waals surface area contributed by atoms with Gasteiger partial charge in [0, 0.05) is 31.2 Å². The van der Waals surface area contributed by atoms with Gasteiger partial charge in [-0.25, -0.2) is 9.97 Å². The maximum atomic E-state index is 12.4. The van der Waals surface area contributed by atoms with Gasteiger partial charge in [-0.05, 0) is 24.3 Å². The quantitative estimate of drug-likeness (QED) is 0.735. The monoisotopic (exact) mass is 282 g/mol. The second-order valence-corrected chi connectivity index (χ2v) is 4.61. The molecule has 3 rings (SSSR count). The van der Waals surface area contributed by atoms with Crippen LogP contribution in [0.15, 0.2) is 59.9 Å². The van der Waals surface area contributed by atoms with Gasteiger partial charge in [-0.3, -0.25) is 9.36 Å². The number of hydrogen-bond acceptors (Lipinski definition) is 4. The van der Waals surface area contributed by atoms with Crippen molar-refractivity contribution in [3.8, 4) is 5.82 Å². The molecule has 0 atom stereocenters. The summed E-state index contributed by atoms with van der Waals surface area (Å²) in [6.45, 7) is 0.425.